The molecule has 0 fully saturated rings. The molecular formula is C50H83N9O14. The second-order valence-corrected chi connectivity index (χ2v) is 20.6. The fourth-order valence-corrected chi connectivity index (χ4v) is 7.54. The summed E-state index contributed by atoms with van der Waals surface area (Å²) < 4.78 is 5.77. The zero-order valence-corrected chi connectivity index (χ0v) is 45.3. The fourth-order valence-electron chi connectivity index (χ4n) is 7.54. The molecule has 73 heavy (non-hydrogen) atoms. The van der Waals surface area contributed by atoms with Gasteiger partial charge in [0.25, 0.3) is 0 Å². The van der Waals surface area contributed by atoms with Crippen LogP contribution in [0, 0.1) is 11.8 Å². The summed E-state index contributed by atoms with van der Waals surface area (Å²) in [5, 5.41) is 37.1. The number of hydrogen-bond donors (Lipinski definition) is 7. The van der Waals surface area contributed by atoms with Crippen LogP contribution in [0.4, 0.5) is 0 Å². The number of hydrogen-bond acceptors (Lipinski definition) is 13. The minimum absolute atomic E-state index is 0.0343. The van der Waals surface area contributed by atoms with E-state index in [0.29, 0.717) is 5.56 Å². The molecule has 0 saturated heterocycles. The van der Waals surface area contributed by atoms with E-state index in [1.165, 1.54) is 70.7 Å². The van der Waals surface area contributed by atoms with E-state index in [-0.39, 0.29) is 31.1 Å². The number of nitrogens with two attached hydrogens (primary N) is 1. The monoisotopic (exact) mass is 1030 g/mol. The van der Waals surface area contributed by atoms with Crippen LogP contribution in [0.5, 0.6) is 0 Å². The first kappa shape index (κ1) is 64.8. The van der Waals surface area contributed by atoms with Gasteiger partial charge in [-0.2, -0.15) is 0 Å². The first-order chi connectivity index (χ1) is 33.6. The van der Waals surface area contributed by atoms with Gasteiger partial charge in [0.2, 0.25) is 47.3 Å². The third kappa shape index (κ3) is 21.0. The molecular weight excluding hydrogens is 951 g/mol. The molecule has 8 N–H and O–H groups in total. The summed E-state index contributed by atoms with van der Waals surface area (Å²) >= 11 is 0. The van der Waals surface area contributed by atoms with E-state index in [1.54, 1.807) is 65.0 Å². The Labute approximate surface area is 429 Å². The second-order valence-electron chi connectivity index (χ2n) is 20.6. The van der Waals surface area contributed by atoms with E-state index < -0.39 is 145 Å². The number of aliphatic carboxylic acids is 2. The van der Waals surface area contributed by atoms with Gasteiger partial charge in [-0.25, -0.2) is 4.79 Å². The highest BCUT2D eigenvalue weighted by atomic mass is 16.5. The van der Waals surface area contributed by atoms with Crippen LogP contribution in [0.3, 0.4) is 0 Å². The average molecular weight is 1030 g/mol. The van der Waals surface area contributed by atoms with Gasteiger partial charge in [0.1, 0.15) is 42.3 Å². The average Bonchev–Trinajstić information content (AvgIpc) is 3.30. The van der Waals surface area contributed by atoms with Crippen molar-refractivity contribution in [1.82, 2.24) is 40.4 Å². The Balaban J connectivity index is 3.49. The van der Waals surface area contributed by atoms with Gasteiger partial charge >= 0.3 is 11.9 Å². The third-order valence-corrected chi connectivity index (χ3v) is 12.1. The third-order valence-electron chi connectivity index (χ3n) is 12.1. The minimum atomic E-state index is -1.64. The number of ether oxygens (including phenoxy) is 1. The van der Waals surface area contributed by atoms with Gasteiger partial charge in [-0.1, -0.05) is 58.0 Å². The SMILES string of the molecule is CC(C)C[C@@H](C(=O)N[C@@H](COC(C)(C)C)C(=O)N[C@@H](CCC(=O)O)C(=O)O)N(C)C(=O)CN(C)C(=O)[C@@H](NC(=O)[C@H](CC(C)C)N(C)C(=O)[C@H](Cc1ccccc1)N(C)C(=O)[C@H](C)N(C)C(=O)[C@H](C)N)[C@@H](C)O. The zero-order valence-electron chi connectivity index (χ0n) is 45.3. The number of aliphatic hydroxyl groups excluding tert-OH is 1. The second kappa shape index (κ2) is 29.5. The number of carboxylic acid groups (broad SMARTS) is 2. The Bertz CT molecular complexity index is 2060. The van der Waals surface area contributed by atoms with Crippen LogP contribution in [0.2, 0.25) is 0 Å². The number of likely N-dealkylation sites (N-methyl/N-ethyl adjacent to an activating group) is 5. The van der Waals surface area contributed by atoms with Crippen molar-refractivity contribution in [1.29, 1.82) is 0 Å². The van der Waals surface area contributed by atoms with E-state index in [9.17, 15) is 58.2 Å². The summed E-state index contributed by atoms with van der Waals surface area (Å²) in [6.07, 6.45) is -2.35. The lowest BCUT2D eigenvalue weighted by atomic mass is 9.98. The van der Waals surface area contributed by atoms with Gasteiger partial charge in [0.05, 0.1) is 30.9 Å². The van der Waals surface area contributed by atoms with Crippen LogP contribution in [0.25, 0.3) is 0 Å². The predicted octanol–water partition coefficient (Wildman–Crippen LogP) is 0.0545. The van der Waals surface area contributed by atoms with E-state index in [4.69, 9.17) is 15.6 Å². The molecule has 0 saturated carbocycles. The Morgan fingerprint density at radius 2 is 1.12 bits per heavy atom. The van der Waals surface area contributed by atoms with E-state index >= 15 is 0 Å². The van der Waals surface area contributed by atoms with Crippen LogP contribution < -0.4 is 21.7 Å². The van der Waals surface area contributed by atoms with Crippen molar-refractivity contribution in [3.05, 3.63) is 35.9 Å². The summed E-state index contributed by atoms with van der Waals surface area (Å²) in [6, 6.07) is -1.42. The van der Waals surface area contributed by atoms with Gasteiger partial charge in [0.15, 0.2) is 0 Å². The molecule has 23 heteroatoms. The van der Waals surface area contributed by atoms with Crippen LogP contribution in [0.1, 0.15) is 100 Å². The molecule has 1 rings (SSSR count). The molecule has 9 atom stereocenters. The molecule has 0 unspecified atom stereocenters. The molecule has 1 aromatic carbocycles. The summed E-state index contributed by atoms with van der Waals surface area (Å²) in [5.41, 5.74) is 5.68. The highest BCUT2D eigenvalue weighted by molar-refractivity contribution is 5.97. The maximum absolute atomic E-state index is 14.6. The van der Waals surface area contributed by atoms with Gasteiger partial charge in [-0.3, -0.25) is 43.2 Å². The molecule has 0 heterocycles. The number of nitrogens with one attached hydrogen (secondary N) is 3. The van der Waals surface area contributed by atoms with E-state index in [0.717, 1.165) is 9.80 Å². The number of rotatable bonds is 29. The molecule has 0 aliphatic carbocycles. The quantitative estimate of drug-likeness (QED) is 0.0558. The fraction of sp³-hybridized carbons (Fsp3) is 0.680. The van der Waals surface area contributed by atoms with Gasteiger partial charge < -0.3 is 66.2 Å². The predicted molar refractivity (Wildman–Crippen MR) is 270 cm³/mol. The smallest absolute Gasteiger partial charge is 0.326 e. The lowest BCUT2D eigenvalue weighted by Crippen LogP contribution is -2.61. The van der Waals surface area contributed by atoms with E-state index in [1.807, 2.05) is 13.8 Å². The number of carboxylic acids is 2. The van der Waals surface area contributed by atoms with Gasteiger partial charge in [-0.05, 0) is 78.2 Å². The molecule has 0 aliphatic rings. The van der Waals surface area contributed by atoms with Crippen LogP contribution in [-0.4, -0.2) is 207 Å². The first-order valence-corrected chi connectivity index (χ1v) is 24.4. The summed E-state index contributed by atoms with van der Waals surface area (Å²) in [5.74, 6) is -9.13. The molecule has 412 valence electrons. The molecule has 0 aromatic heterocycles. The highest BCUT2D eigenvalue weighted by Gasteiger charge is 2.40. The largest absolute Gasteiger partial charge is 0.481 e. The summed E-state index contributed by atoms with van der Waals surface area (Å²) in [7, 11) is 6.82. The molecule has 23 nitrogen and oxygen atoms in total. The lowest BCUT2D eigenvalue weighted by Gasteiger charge is -2.37. The molecule has 8 amide bonds. The van der Waals surface area contributed by atoms with Crippen molar-refractivity contribution in [2.24, 2.45) is 17.6 Å². The lowest BCUT2D eigenvalue weighted by molar-refractivity contribution is -0.152. The van der Waals surface area contributed by atoms with Crippen molar-refractivity contribution >= 4 is 59.2 Å². The normalized spacial score (nSPS) is 15.2. The number of nitrogens with zero attached hydrogens (tertiary/aromatic N) is 5. The Morgan fingerprint density at radius 3 is 1.59 bits per heavy atom. The van der Waals surface area contributed by atoms with Crippen molar-refractivity contribution in [3.63, 3.8) is 0 Å². The maximum Gasteiger partial charge on any atom is 0.326 e. The van der Waals surface area contributed by atoms with Crippen LogP contribution >= 0.6 is 0 Å². The molecule has 1 aromatic rings. The number of amides is 8. The maximum atomic E-state index is 14.6. The minimum Gasteiger partial charge on any atom is -0.481 e. The summed E-state index contributed by atoms with van der Waals surface area (Å²) in [6.45, 7) is 15.4. The zero-order chi connectivity index (χ0) is 56.4. The van der Waals surface area contributed by atoms with Crippen molar-refractivity contribution < 1.29 is 68.0 Å². The van der Waals surface area contributed by atoms with E-state index in [2.05, 4.69) is 16.0 Å². The van der Waals surface area contributed by atoms with Gasteiger partial charge in [-0.15, -0.1) is 0 Å². The Morgan fingerprint density at radius 1 is 0.630 bits per heavy atom. The highest BCUT2D eigenvalue weighted by Crippen LogP contribution is 2.20. The number of carbonyl (C=O) groups is 10. The van der Waals surface area contributed by atoms with Crippen LogP contribution in [0.15, 0.2) is 30.3 Å². The van der Waals surface area contributed by atoms with Crippen molar-refractivity contribution in [2.45, 2.75) is 161 Å². The molecule has 0 radical (unpaired) electrons. The number of benzene rings is 1. The topological polar surface area (TPSA) is 319 Å². The van der Waals surface area contributed by atoms with Crippen LogP contribution in [-0.2, 0) is 59.1 Å². The summed E-state index contributed by atoms with van der Waals surface area (Å²) in [4.78, 5) is 140. The molecule has 0 bridgehead atoms. The van der Waals surface area contributed by atoms with Crippen molar-refractivity contribution in [2.75, 3.05) is 48.4 Å². The Hall–Kier alpha value is -6.20. The molecule has 0 spiro atoms. The first-order valence-electron chi connectivity index (χ1n) is 24.4. The number of carbonyl (C=O) groups excluding carboxylic acids is 8. The standard InChI is InChI=1S/C50H83N9O14/c1-28(2)23-36(43(65)53-35(27-73-50(8,9)10)42(64)52-34(49(71)72)21-22-40(62)63)57(13)39(61)26-55(11)48(70)41(32(7)60)54-44(66)37(24-29(3)4)58(14)47(69)38(25-33-19-17-16-18-20-33)59(15)46(68)31(6)56(12)45(67)30(5)51/h16-20,28-32,34-38,41,60H,21-27,51H2,1-15H3,(H,52,64)(H,53,65)(H,54,66)(H,62,63)(H,71,72)/t30-,31-,32+,34-,35-,36-,37-,38-,41-/m0/s1. The van der Waals surface area contributed by atoms with Gasteiger partial charge in [0, 0.05) is 48.1 Å². The Kier molecular flexibility index (Phi) is 26.2. The molecule has 0 aliphatic heterocycles. The van der Waals surface area contributed by atoms with Crippen molar-refractivity contribution in [3.8, 4) is 0 Å². The number of aliphatic hydroxyl groups is 1.